The lowest BCUT2D eigenvalue weighted by Crippen LogP contribution is -2.16. The van der Waals surface area contributed by atoms with Gasteiger partial charge in [-0.3, -0.25) is 4.79 Å². The van der Waals surface area contributed by atoms with Gasteiger partial charge >= 0.3 is 0 Å². The summed E-state index contributed by atoms with van der Waals surface area (Å²) in [5.74, 6) is 0.208. The number of carbonyl (C=O) groups excluding carboxylic acids is 1. The fraction of sp³-hybridized carbons (Fsp3) is 0.231. The van der Waals surface area contributed by atoms with E-state index in [1.807, 2.05) is 6.92 Å². The molecular formula is C13H15N3O4. The third kappa shape index (κ3) is 3.00. The van der Waals surface area contributed by atoms with E-state index in [4.69, 9.17) is 20.4 Å². The van der Waals surface area contributed by atoms with E-state index in [1.165, 1.54) is 12.3 Å². The molecule has 1 amide bonds. The van der Waals surface area contributed by atoms with Crippen molar-refractivity contribution < 1.29 is 19.5 Å². The maximum absolute atomic E-state index is 11.4. The van der Waals surface area contributed by atoms with E-state index in [0.717, 1.165) is 0 Å². The Morgan fingerprint density at radius 1 is 1.40 bits per heavy atom. The Bertz CT molecular complexity index is 609. The van der Waals surface area contributed by atoms with Crippen molar-refractivity contribution in [1.29, 1.82) is 0 Å². The quantitative estimate of drug-likeness (QED) is 0.773. The number of carbonyl (C=O) groups is 1. The molecule has 1 heterocycles. The standard InChI is InChI=1S/C13H15N3O4/c1-2-19-11-5-3-4-9(13(14)17)10(11)8-20-12-6-7-16(18)15-12/h3-7,18H,2,8H2,1H3,(H2,14,17). The van der Waals surface area contributed by atoms with Crippen LogP contribution >= 0.6 is 0 Å². The molecule has 0 aliphatic rings. The number of ether oxygens (including phenoxy) is 2. The average molecular weight is 277 g/mol. The van der Waals surface area contributed by atoms with Gasteiger partial charge in [0.2, 0.25) is 11.8 Å². The summed E-state index contributed by atoms with van der Waals surface area (Å²) in [5.41, 5.74) is 6.23. The zero-order chi connectivity index (χ0) is 14.5. The Kier molecular flexibility index (Phi) is 4.09. The molecule has 0 unspecified atom stereocenters. The summed E-state index contributed by atoms with van der Waals surface area (Å²) < 4.78 is 10.9. The zero-order valence-electron chi connectivity index (χ0n) is 10.9. The molecule has 0 atom stereocenters. The van der Waals surface area contributed by atoms with Crippen LogP contribution in [0.25, 0.3) is 0 Å². The fourth-order valence-corrected chi connectivity index (χ4v) is 1.76. The van der Waals surface area contributed by atoms with Crippen molar-refractivity contribution in [3.05, 3.63) is 41.6 Å². The first kappa shape index (κ1) is 13.7. The number of nitrogens with two attached hydrogens (primary N) is 1. The van der Waals surface area contributed by atoms with E-state index in [-0.39, 0.29) is 12.5 Å². The van der Waals surface area contributed by atoms with Crippen LogP contribution in [0.4, 0.5) is 0 Å². The van der Waals surface area contributed by atoms with Crippen molar-refractivity contribution in [2.45, 2.75) is 13.5 Å². The summed E-state index contributed by atoms with van der Waals surface area (Å²) in [5, 5.41) is 12.7. The average Bonchev–Trinajstić information content (AvgIpc) is 2.83. The number of hydrogen-bond donors (Lipinski definition) is 2. The van der Waals surface area contributed by atoms with E-state index in [1.54, 1.807) is 18.2 Å². The van der Waals surface area contributed by atoms with Crippen molar-refractivity contribution in [2.75, 3.05) is 6.61 Å². The van der Waals surface area contributed by atoms with Crippen LogP contribution in [-0.4, -0.2) is 27.7 Å². The highest BCUT2D eigenvalue weighted by molar-refractivity contribution is 5.95. The van der Waals surface area contributed by atoms with E-state index in [9.17, 15) is 4.79 Å². The molecule has 0 bridgehead atoms. The monoisotopic (exact) mass is 277 g/mol. The molecule has 7 heteroatoms. The molecule has 0 radical (unpaired) electrons. The van der Waals surface area contributed by atoms with E-state index in [0.29, 0.717) is 28.3 Å². The van der Waals surface area contributed by atoms with Gasteiger partial charge in [-0.1, -0.05) is 11.2 Å². The Hall–Kier alpha value is -2.70. The predicted molar refractivity (Wildman–Crippen MR) is 69.9 cm³/mol. The first-order valence-electron chi connectivity index (χ1n) is 6.04. The number of hydrogen-bond acceptors (Lipinski definition) is 5. The molecule has 0 saturated heterocycles. The van der Waals surface area contributed by atoms with Gasteiger partial charge in [0, 0.05) is 17.2 Å². The molecule has 7 nitrogen and oxygen atoms in total. The van der Waals surface area contributed by atoms with Crippen molar-refractivity contribution in [2.24, 2.45) is 5.73 Å². The fourth-order valence-electron chi connectivity index (χ4n) is 1.76. The molecule has 0 aliphatic carbocycles. The molecule has 2 rings (SSSR count). The molecule has 0 spiro atoms. The highest BCUT2D eigenvalue weighted by Gasteiger charge is 2.14. The minimum atomic E-state index is -0.558. The molecule has 0 fully saturated rings. The van der Waals surface area contributed by atoms with Crippen LogP contribution < -0.4 is 15.2 Å². The maximum Gasteiger partial charge on any atom is 0.249 e. The maximum atomic E-state index is 11.4. The van der Waals surface area contributed by atoms with Gasteiger partial charge in [0.15, 0.2) is 0 Å². The SMILES string of the molecule is CCOc1cccc(C(N)=O)c1COc1ccn(O)n1. The first-order chi connectivity index (χ1) is 9.61. The van der Waals surface area contributed by atoms with Gasteiger partial charge in [0.1, 0.15) is 12.4 Å². The second kappa shape index (κ2) is 5.96. The van der Waals surface area contributed by atoms with Gasteiger partial charge in [-0.05, 0) is 19.1 Å². The molecule has 1 aromatic carbocycles. The summed E-state index contributed by atoms with van der Waals surface area (Å²) in [7, 11) is 0. The normalized spacial score (nSPS) is 10.2. The molecule has 20 heavy (non-hydrogen) atoms. The topological polar surface area (TPSA) is 99.6 Å². The lowest BCUT2D eigenvalue weighted by molar-refractivity contribution is 0.0996. The van der Waals surface area contributed by atoms with Gasteiger partial charge in [-0.25, -0.2) is 0 Å². The summed E-state index contributed by atoms with van der Waals surface area (Å²) in [4.78, 5) is 12.1. The number of benzene rings is 1. The van der Waals surface area contributed by atoms with E-state index in [2.05, 4.69) is 5.10 Å². The Labute approximate surface area is 115 Å². The van der Waals surface area contributed by atoms with Crippen molar-refractivity contribution in [1.82, 2.24) is 9.94 Å². The first-order valence-corrected chi connectivity index (χ1v) is 6.04. The molecule has 0 aliphatic heterocycles. The summed E-state index contributed by atoms with van der Waals surface area (Å²) in [6.07, 6.45) is 1.33. The molecular weight excluding hydrogens is 262 g/mol. The van der Waals surface area contributed by atoms with Gasteiger partial charge in [-0.15, -0.1) is 4.85 Å². The summed E-state index contributed by atoms with van der Waals surface area (Å²) >= 11 is 0. The Balaban J connectivity index is 2.25. The molecule has 2 aromatic rings. The number of aromatic nitrogens is 2. The van der Waals surface area contributed by atoms with Crippen LogP contribution in [-0.2, 0) is 6.61 Å². The third-order valence-electron chi connectivity index (χ3n) is 2.61. The van der Waals surface area contributed by atoms with Crippen LogP contribution in [0.15, 0.2) is 30.5 Å². The lowest BCUT2D eigenvalue weighted by Gasteiger charge is -2.13. The highest BCUT2D eigenvalue weighted by atomic mass is 16.5. The van der Waals surface area contributed by atoms with Crippen LogP contribution in [0.3, 0.4) is 0 Å². The smallest absolute Gasteiger partial charge is 0.249 e. The van der Waals surface area contributed by atoms with Gasteiger partial charge in [0.05, 0.1) is 12.8 Å². The van der Waals surface area contributed by atoms with Crippen molar-refractivity contribution in [3.63, 3.8) is 0 Å². The highest BCUT2D eigenvalue weighted by Crippen LogP contribution is 2.24. The minimum absolute atomic E-state index is 0.0610. The lowest BCUT2D eigenvalue weighted by atomic mass is 10.1. The molecule has 3 N–H and O–H groups in total. The third-order valence-corrected chi connectivity index (χ3v) is 2.61. The van der Waals surface area contributed by atoms with Crippen molar-refractivity contribution in [3.8, 4) is 11.6 Å². The Morgan fingerprint density at radius 3 is 2.80 bits per heavy atom. The number of amides is 1. The van der Waals surface area contributed by atoms with Crippen LogP contribution in [0.2, 0.25) is 0 Å². The van der Waals surface area contributed by atoms with Gasteiger partial charge in [-0.2, -0.15) is 0 Å². The van der Waals surface area contributed by atoms with Crippen molar-refractivity contribution >= 4 is 5.91 Å². The van der Waals surface area contributed by atoms with Gasteiger partial charge < -0.3 is 20.4 Å². The Morgan fingerprint density at radius 2 is 2.20 bits per heavy atom. The molecule has 106 valence electrons. The van der Waals surface area contributed by atoms with Crippen LogP contribution in [0.5, 0.6) is 11.6 Å². The second-order valence-electron chi connectivity index (χ2n) is 3.94. The number of nitrogens with zero attached hydrogens (tertiary/aromatic N) is 2. The number of rotatable bonds is 6. The minimum Gasteiger partial charge on any atom is -0.493 e. The molecule has 1 aromatic heterocycles. The van der Waals surface area contributed by atoms with E-state index >= 15 is 0 Å². The largest absolute Gasteiger partial charge is 0.493 e. The number of primary amides is 1. The second-order valence-corrected chi connectivity index (χ2v) is 3.94. The van der Waals surface area contributed by atoms with Gasteiger partial charge in [0.25, 0.3) is 0 Å². The van der Waals surface area contributed by atoms with Crippen LogP contribution in [0.1, 0.15) is 22.8 Å². The van der Waals surface area contributed by atoms with Crippen LogP contribution in [0, 0.1) is 0 Å². The van der Waals surface area contributed by atoms with E-state index < -0.39 is 5.91 Å². The molecule has 0 saturated carbocycles. The zero-order valence-corrected chi connectivity index (χ0v) is 10.9. The summed E-state index contributed by atoms with van der Waals surface area (Å²) in [6, 6.07) is 6.53. The predicted octanol–water partition coefficient (Wildman–Crippen LogP) is 1.20. The summed E-state index contributed by atoms with van der Waals surface area (Å²) in [6.45, 7) is 2.36.